The molecule has 104 valence electrons. The first-order valence-electron chi connectivity index (χ1n) is 6.70. The highest BCUT2D eigenvalue weighted by Crippen LogP contribution is 2.18. The summed E-state index contributed by atoms with van der Waals surface area (Å²) in [5.41, 5.74) is 0.758. The number of nitrogens with one attached hydrogen (secondary N) is 3. The SMILES string of the molecule is CNC(=O)Nc1ccc(OCC2CCNCC2)cc1. The molecule has 1 aromatic carbocycles. The molecule has 0 aliphatic carbocycles. The minimum absolute atomic E-state index is 0.219. The van der Waals surface area contributed by atoms with Gasteiger partial charge in [-0.25, -0.2) is 4.79 Å². The Labute approximate surface area is 113 Å². The fraction of sp³-hybridized carbons (Fsp3) is 0.500. The molecule has 2 rings (SSSR count). The van der Waals surface area contributed by atoms with Crippen molar-refractivity contribution in [2.24, 2.45) is 5.92 Å². The van der Waals surface area contributed by atoms with Crippen LogP contribution in [0.2, 0.25) is 0 Å². The average Bonchev–Trinajstić information content (AvgIpc) is 2.47. The van der Waals surface area contributed by atoms with Crippen LogP contribution in [0.1, 0.15) is 12.8 Å². The zero-order chi connectivity index (χ0) is 13.5. The zero-order valence-electron chi connectivity index (χ0n) is 11.2. The van der Waals surface area contributed by atoms with Crippen molar-refractivity contribution in [2.75, 3.05) is 32.1 Å². The van der Waals surface area contributed by atoms with Gasteiger partial charge in [-0.1, -0.05) is 0 Å². The predicted octanol–water partition coefficient (Wildman–Crippen LogP) is 1.82. The molecule has 1 fully saturated rings. The van der Waals surface area contributed by atoms with Crippen LogP contribution in [0.3, 0.4) is 0 Å². The second-order valence-electron chi connectivity index (χ2n) is 4.73. The largest absolute Gasteiger partial charge is 0.493 e. The van der Waals surface area contributed by atoms with E-state index in [4.69, 9.17) is 4.74 Å². The molecule has 1 aliphatic heterocycles. The predicted molar refractivity (Wildman–Crippen MR) is 75.6 cm³/mol. The second-order valence-corrected chi connectivity index (χ2v) is 4.73. The molecule has 1 heterocycles. The van der Waals surface area contributed by atoms with Crippen molar-refractivity contribution in [1.29, 1.82) is 0 Å². The molecule has 3 N–H and O–H groups in total. The third-order valence-corrected chi connectivity index (χ3v) is 3.28. The molecular formula is C14H21N3O2. The van der Waals surface area contributed by atoms with E-state index in [-0.39, 0.29) is 6.03 Å². The van der Waals surface area contributed by atoms with Gasteiger partial charge in [0.15, 0.2) is 0 Å². The van der Waals surface area contributed by atoms with E-state index in [0.717, 1.165) is 31.1 Å². The van der Waals surface area contributed by atoms with Crippen LogP contribution in [0, 0.1) is 5.92 Å². The van der Waals surface area contributed by atoms with Gasteiger partial charge in [-0.3, -0.25) is 0 Å². The Hall–Kier alpha value is -1.75. The summed E-state index contributed by atoms with van der Waals surface area (Å²) in [5.74, 6) is 1.49. The molecule has 2 amide bonds. The highest BCUT2D eigenvalue weighted by atomic mass is 16.5. The van der Waals surface area contributed by atoms with E-state index in [1.165, 1.54) is 12.8 Å². The number of amides is 2. The number of anilines is 1. The molecule has 0 bridgehead atoms. The van der Waals surface area contributed by atoms with E-state index in [1.807, 2.05) is 24.3 Å². The van der Waals surface area contributed by atoms with Crippen LogP contribution in [0.4, 0.5) is 10.5 Å². The summed E-state index contributed by atoms with van der Waals surface area (Å²) in [4.78, 5) is 11.1. The number of carbonyl (C=O) groups is 1. The molecule has 1 saturated heterocycles. The maximum atomic E-state index is 11.1. The van der Waals surface area contributed by atoms with Crippen molar-refractivity contribution in [1.82, 2.24) is 10.6 Å². The topological polar surface area (TPSA) is 62.4 Å². The zero-order valence-corrected chi connectivity index (χ0v) is 11.2. The van der Waals surface area contributed by atoms with Crippen molar-refractivity contribution in [3.63, 3.8) is 0 Å². The van der Waals surface area contributed by atoms with Gasteiger partial charge in [0, 0.05) is 12.7 Å². The number of carbonyl (C=O) groups excluding carboxylic acids is 1. The van der Waals surface area contributed by atoms with Crippen molar-refractivity contribution in [2.45, 2.75) is 12.8 Å². The van der Waals surface area contributed by atoms with Crippen LogP contribution < -0.4 is 20.7 Å². The molecule has 0 atom stereocenters. The first-order chi connectivity index (χ1) is 9.28. The maximum absolute atomic E-state index is 11.1. The Morgan fingerprint density at radius 1 is 1.32 bits per heavy atom. The van der Waals surface area contributed by atoms with Crippen molar-refractivity contribution >= 4 is 11.7 Å². The van der Waals surface area contributed by atoms with Crippen molar-refractivity contribution < 1.29 is 9.53 Å². The van der Waals surface area contributed by atoms with Crippen LogP contribution in [-0.4, -0.2) is 32.8 Å². The molecule has 0 unspecified atom stereocenters. The van der Waals surface area contributed by atoms with Crippen molar-refractivity contribution in [3.05, 3.63) is 24.3 Å². The lowest BCUT2D eigenvalue weighted by Gasteiger charge is -2.22. The van der Waals surface area contributed by atoms with Gasteiger partial charge in [0.1, 0.15) is 5.75 Å². The molecule has 0 aromatic heterocycles. The fourth-order valence-electron chi connectivity index (χ4n) is 2.09. The lowest BCUT2D eigenvalue weighted by atomic mass is 9.99. The summed E-state index contributed by atoms with van der Waals surface area (Å²) in [7, 11) is 1.59. The number of rotatable bonds is 4. The number of hydrogen-bond donors (Lipinski definition) is 3. The van der Waals surface area contributed by atoms with Gasteiger partial charge < -0.3 is 20.7 Å². The highest BCUT2D eigenvalue weighted by molar-refractivity contribution is 5.88. The summed E-state index contributed by atoms with van der Waals surface area (Å²) in [5, 5.41) is 8.56. The van der Waals surface area contributed by atoms with Crippen LogP contribution >= 0.6 is 0 Å². The summed E-state index contributed by atoms with van der Waals surface area (Å²) >= 11 is 0. The summed E-state index contributed by atoms with van der Waals surface area (Å²) in [6.45, 7) is 2.94. The van der Waals surface area contributed by atoms with Gasteiger partial charge in [-0.05, 0) is 56.1 Å². The van der Waals surface area contributed by atoms with Gasteiger partial charge in [0.2, 0.25) is 0 Å². The molecule has 19 heavy (non-hydrogen) atoms. The summed E-state index contributed by atoms with van der Waals surface area (Å²) in [6, 6.07) is 7.22. The monoisotopic (exact) mass is 263 g/mol. The summed E-state index contributed by atoms with van der Waals surface area (Å²) < 4.78 is 5.78. The molecule has 5 nitrogen and oxygen atoms in total. The van der Waals surface area contributed by atoms with Crippen LogP contribution in [0.25, 0.3) is 0 Å². The van der Waals surface area contributed by atoms with Gasteiger partial charge in [0.05, 0.1) is 6.61 Å². The third kappa shape index (κ3) is 4.44. The van der Waals surface area contributed by atoms with E-state index >= 15 is 0 Å². The second kappa shape index (κ2) is 6.99. The lowest BCUT2D eigenvalue weighted by Crippen LogP contribution is -2.30. The Morgan fingerprint density at radius 3 is 2.63 bits per heavy atom. The normalized spacial score (nSPS) is 15.8. The lowest BCUT2D eigenvalue weighted by molar-refractivity contribution is 0.215. The van der Waals surface area contributed by atoms with E-state index in [0.29, 0.717) is 5.92 Å². The molecule has 0 saturated carbocycles. The van der Waals surface area contributed by atoms with Crippen LogP contribution in [0.15, 0.2) is 24.3 Å². The minimum atomic E-state index is -0.219. The molecule has 1 aliphatic rings. The number of hydrogen-bond acceptors (Lipinski definition) is 3. The summed E-state index contributed by atoms with van der Waals surface area (Å²) in [6.07, 6.45) is 2.35. The quantitative estimate of drug-likeness (QED) is 0.776. The molecule has 0 radical (unpaired) electrons. The Balaban J connectivity index is 1.79. The third-order valence-electron chi connectivity index (χ3n) is 3.28. The fourth-order valence-corrected chi connectivity index (χ4v) is 2.09. The highest BCUT2D eigenvalue weighted by Gasteiger charge is 2.13. The molecule has 1 aromatic rings. The number of ether oxygens (including phenoxy) is 1. The van der Waals surface area contributed by atoms with E-state index in [1.54, 1.807) is 7.05 Å². The van der Waals surface area contributed by atoms with E-state index < -0.39 is 0 Å². The first kappa shape index (κ1) is 13.7. The smallest absolute Gasteiger partial charge is 0.318 e. The standard InChI is InChI=1S/C14H21N3O2/c1-15-14(18)17-12-2-4-13(5-3-12)19-10-11-6-8-16-9-7-11/h2-5,11,16H,6-10H2,1H3,(H2,15,17,18). The number of piperidine rings is 1. The molecule has 5 heteroatoms. The first-order valence-corrected chi connectivity index (χ1v) is 6.70. The Kier molecular flexibility index (Phi) is 5.03. The van der Waals surface area contributed by atoms with Gasteiger partial charge in [-0.2, -0.15) is 0 Å². The van der Waals surface area contributed by atoms with E-state index in [2.05, 4.69) is 16.0 Å². The van der Waals surface area contributed by atoms with Gasteiger partial charge >= 0.3 is 6.03 Å². The molecular weight excluding hydrogens is 242 g/mol. The van der Waals surface area contributed by atoms with Gasteiger partial charge in [-0.15, -0.1) is 0 Å². The van der Waals surface area contributed by atoms with Gasteiger partial charge in [0.25, 0.3) is 0 Å². The average molecular weight is 263 g/mol. The Bertz CT molecular complexity index is 400. The number of urea groups is 1. The maximum Gasteiger partial charge on any atom is 0.318 e. The minimum Gasteiger partial charge on any atom is -0.493 e. The van der Waals surface area contributed by atoms with Crippen LogP contribution in [0.5, 0.6) is 5.75 Å². The van der Waals surface area contributed by atoms with E-state index in [9.17, 15) is 4.79 Å². The molecule has 0 spiro atoms. The van der Waals surface area contributed by atoms with Crippen molar-refractivity contribution in [3.8, 4) is 5.75 Å². The Morgan fingerprint density at radius 2 is 2.00 bits per heavy atom. The number of benzene rings is 1. The van der Waals surface area contributed by atoms with Crippen LogP contribution in [-0.2, 0) is 0 Å².